The smallest absolute Gasteiger partial charge is 0.247 e. The minimum atomic E-state index is -0.786. The molecule has 2 amide bonds. The van der Waals surface area contributed by atoms with Gasteiger partial charge in [0, 0.05) is 25.9 Å². The number of carbonyl (C=O) groups is 2. The van der Waals surface area contributed by atoms with Crippen LogP contribution < -0.4 is 5.32 Å². The number of aromatic nitrogens is 2. The van der Waals surface area contributed by atoms with Crippen molar-refractivity contribution < 1.29 is 18.4 Å². The maximum absolute atomic E-state index is 13.3. The first-order chi connectivity index (χ1) is 13.5. The first-order valence-corrected chi connectivity index (χ1v) is 8.98. The van der Waals surface area contributed by atoms with Gasteiger partial charge in [-0.2, -0.15) is 0 Å². The number of nitrogens with zero attached hydrogens (tertiary/aromatic N) is 2. The Labute approximate surface area is 159 Å². The van der Waals surface area contributed by atoms with Crippen LogP contribution in [0.5, 0.6) is 0 Å². The number of piperazine rings is 1. The molecule has 3 aromatic rings. The molecule has 2 N–H and O–H groups in total. The molecule has 2 heterocycles. The molecule has 1 aliphatic heterocycles. The second-order valence-corrected chi connectivity index (χ2v) is 6.68. The van der Waals surface area contributed by atoms with Crippen LogP contribution in [0.3, 0.4) is 0 Å². The van der Waals surface area contributed by atoms with Crippen molar-refractivity contribution in [3.05, 3.63) is 65.5 Å². The number of rotatable bonds is 4. The van der Waals surface area contributed by atoms with Gasteiger partial charge in [-0.15, -0.1) is 0 Å². The molecule has 0 bridgehead atoms. The van der Waals surface area contributed by atoms with Crippen LogP contribution >= 0.6 is 0 Å². The normalized spacial score (nSPS) is 17.0. The number of aryl methyl sites for hydroxylation is 1. The fourth-order valence-electron chi connectivity index (χ4n) is 3.43. The fourth-order valence-corrected chi connectivity index (χ4v) is 3.43. The summed E-state index contributed by atoms with van der Waals surface area (Å²) >= 11 is 0. The number of carbonyl (C=O) groups excluding carboxylic acids is 2. The minimum absolute atomic E-state index is 0.146. The molecule has 8 heteroatoms. The average molecular weight is 384 g/mol. The van der Waals surface area contributed by atoms with Crippen LogP contribution in [0.1, 0.15) is 23.9 Å². The average Bonchev–Trinajstić information content (AvgIpc) is 3.09. The molecule has 6 nitrogen and oxygen atoms in total. The van der Waals surface area contributed by atoms with Crippen molar-refractivity contribution in [2.24, 2.45) is 0 Å². The van der Waals surface area contributed by atoms with Crippen LogP contribution in [0, 0.1) is 11.6 Å². The van der Waals surface area contributed by atoms with E-state index in [0.717, 1.165) is 0 Å². The lowest BCUT2D eigenvalue weighted by Gasteiger charge is -2.35. The lowest BCUT2D eigenvalue weighted by atomic mass is 10.0. The first-order valence-electron chi connectivity index (χ1n) is 8.98. The fraction of sp³-hybridized carbons (Fsp3) is 0.250. The Bertz CT molecular complexity index is 1030. The Hall–Kier alpha value is -3.29. The molecule has 1 saturated heterocycles. The molecule has 28 heavy (non-hydrogen) atoms. The maximum Gasteiger partial charge on any atom is 0.247 e. The Morgan fingerprint density at radius 1 is 1.14 bits per heavy atom. The van der Waals surface area contributed by atoms with Crippen LogP contribution in [-0.2, 0) is 16.0 Å². The first kappa shape index (κ1) is 18.1. The number of fused-ring (bicyclic) bond motifs is 1. The molecule has 1 unspecified atom stereocenters. The van der Waals surface area contributed by atoms with E-state index in [0.29, 0.717) is 41.9 Å². The van der Waals surface area contributed by atoms with E-state index in [9.17, 15) is 18.4 Å². The van der Waals surface area contributed by atoms with Crippen molar-refractivity contribution in [2.75, 3.05) is 13.1 Å². The van der Waals surface area contributed by atoms with Crippen molar-refractivity contribution in [2.45, 2.75) is 18.9 Å². The van der Waals surface area contributed by atoms with Gasteiger partial charge in [-0.25, -0.2) is 13.8 Å². The quantitative estimate of drug-likeness (QED) is 0.725. The zero-order chi connectivity index (χ0) is 19.7. The van der Waals surface area contributed by atoms with Crippen molar-refractivity contribution in [3.8, 4) is 0 Å². The number of nitrogens with one attached hydrogen (secondary N) is 2. The lowest BCUT2D eigenvalue weighted by Crippen LogP contribution is -2.52. The summed E-state index contributed by atoms with van der Waals surface area (Å²) in [4.78, 5) is 34.0. The topological polar surface area (TPSA) is 78.1 Å². The Kier molecular flexibility index (Phi) is 4.77. The van der Waals surface area contributed by atoms with E-state index in [-0.39, 0.29) is 24.1 Å². The van der Waals surface area contributed by atoms with Gasteiger partial charge in [-0.3, -0.25) is 9.59 Å². The van der Waals surface area contributed by atoms with Crippen LogP contribution in [0.4, 0.5) is 8.78 Å². The van der Waals surface area contributed by atoms with Gasteiger partial charge >= 0.3 is 0 Å². The summed E-state index contributed by atoms with van der Waals surface area (Å²) in [6.07, 6.45) is 0.483. The van der Waals surface area contributed by atoms with E-state index < -0.39 is 11.9 Å². The Balaban J connectivity index is 1.49. The third-order valence-electron chi connectivity index (χ3n) is 4.79. The third-order valence-corrected chi connectivity index (χ3v) is 4.79. The highest BCUT2D eigenvalue weighted by molar-refractivity contribution is 5.90. The SMILES string of the molecule is O=C1NCCN(C(=O)CCc2nc3ccc(F)cc3[nH]2)C1c1ccc(F)cc1. The van der Waals surface area contributed by atoms with Crippen molar-refractivity contribution >= 4 is 22.8 Å². The van der Waals surface area contributed by atoms with E-state index >= 15 is 0 Å². The second kappa shape index (κ2) is 7.38. The molecule has 144 valence electrons. The molecule has 4 rings (SSSR count). The summed E-state index contributed by atoms with van der Waals surface area (Å²) in [5.41, 5.74) is 1.76. The van der Waals surface area contributed by atoms with Gasteiger partial charge in [-0.05, 0) is 35.9 Å². The third kappa shape index (κ3) is 3.58. The number of imidazole rings is 1. The van der Waals surface area contributed by atoms with E-state index in [1.807, 2.05) is 0 Å². The molecule has 1 atom stereocenters. The number of hydrogen-bond donors (Lipinski definition) is 2. The summed E-state index contributed by atoms with van der Waals surface area (Å²) in [7, 11) is 0. The molecule has 0 radical (unpaired) electrons. The predicted octanol–water partition coefficient (Wildman–Crippen LogP) is 2.47. The minimum Gasteiger partial charge on any atom is -0.352 e. The van der Waals surface area contributed by atoms with E-state index in [1.54, 1.807) is 6.07 Å². The van der Waals surface area contributed by atoms with Gasteiger partial charge < -0.3 is 15.2 Å². The zero-order valence-corrected chi connectivity index (χ0v) is 14.9. The molecule has 1 aliphatic rings. The zero-order valence-electron chi connectivity index (χ0n) is 14.9. The summed E-state index contributed by atoms with van der Waals surface area (Å²) in [5.74, 6) is -0.672. The van der Waals surface area contributed by atoms with Gasteiger partial charge in [0.2, 0.25) is 11.8 Å². The number of H-pyrrole nitrogens is 1. The standard InChI is InChI=1S/C20H18F2N4O2/c21-13-3-1-12(2-4-13)19-20(28)23-9-10-26(19)18(27)8-7-17-24-15-6-5-14(22)11-16(15)25-17/h1-6,11,19H,7-10H2,(H,23,28)(H,24,25). The molecule has 1 fully saturated rings. The predicted molar refractivity (Wildman–Crippen MR) is 98.2 cm³/mol. The molecule has 0 aliphatic carbocycles. The van der Waals surface area contributed by atoms with Gasteiger partial charge in [-0.1, -0.05) is 12.1 Å². The van der Waals surface area contributed by atoms with Crippen molar-refractivity contribution in [1.82, 2.24) is 20.2 Å². The summed E-state index contributed by atoms with van der Waals surface area (Å²) in [6, 6.07) is 9.04. The number of benzene rings is 2. The largest absolute Gasteiger partial charge is 0.352 e. The van der Waals surface area contributed by atoms with E-state index in [2.05, 4.69) is 15.3 Å². The van der Waals surface area contributed by atoms with Crippen LogP contribution in [0.2, 0.25) is 0 Å². The molecule has 0 saturated carbocycles. The highest BCUT2D eigenvalue weighted by Crippen LogP contribution is 2.25. The molecule has 1 aromatic heterocycles. The molecule has 2 aromatic carbocycles. The molecular weight excluding hydrogens is 366 g/mol. The monoisotopic (exact) mass is 384 g/mol. The maximum atomic E-state index is 13.3. The van der Waals surface area contributed by atoms with Gasteiger partial charge in [0.15, 0.2) is 0 Å². The van der Waals surface area contributed by atoms with Gasteiger partial charge in [0.25, 0.3) is 0 Å². The highest BCUT2D eigenvalue weighted by atomic mass is 19.1. The number of amides is 2. The summed E-state index contributed by atoms with van der Waals surface area (Å²) in [6.45, 7) is 0.740. The van der Waals surface area contributed by atoms with E-state index in [4.69, 9.17) is 0 Å². The van der Waals surface area contributed by atoms with Gasteiger partial charge in [0.1, 0.15) is 23.5 Å². The Morgan fingerprint density at radius 2 is 1.89 bits per heavy atom. The number of hydrogen-bond acceptors (Lipinski definition) is 3. The van der Waals surface area contributed by atoms with Crippen molar-refractivity contribution in [1.29, 1.82) is 0 Å². The van der Waals surface area contributed by atoms with E-state index in [1.165, 1.54) is 41.3 Å². The Morgan fingerprint density at radius 3 is 2.68 bits per heavy atom. The van der Waals surface area contributed by atoms with Crippen LogP contribution in [0.15, 0.2) is 42.5 Å². The van der Waals surface area contributed by atoms with Gasteiger partial charge in [0.05, 0.1) is 11.0 Å². The summed E-state index contributed by atoms with van der Waals surface area (Å²) in [5, 5.41) is 2.75. The van der Waals surface area contributed by atoms with Crippen LogP contribution in [0.25, 0.3) is 11.0 Å². The number of halogens is 2. The summed E-state index contributed by atoms with van der Waals surface area (Å²) < 4.78 is 26.5. The molecular formula is C20H18F2N4O2. The second-order valence-electron chi connectivity index (χ2n) is 6.68. The number of aromatic amines is 1. The molecule has 0 spiro atoms. The van der Waals surface area contributed by atoms with Crippen LogP contribution in [-0.4, -0.2) is 39.8 Å². The highest BCUT2D eigenvalue weighted by Gasteiger charge is 2.34. The van der Waals surface area contributed by atoms with Crippen molar-refractivity contribution in [3.63, 3.8) is 0 Å². The lowest BCUT2D eigenvalue weighted by molar-refractivity contribution is -0.143.